The molecule has 2 aliphatic rings. The van der Waals surface area contributed by atoms with Crippen LogP contribution in [0.25, 0.3) is 0 Å². The number of hydrogen-bond donors (Lipinski definition) is 0. The molecule has 2 saturated carbocycles. The van der Waals surface area contributed by atoms with Gasteiger partial charge in [0.25, 0.3) is 0 Å². The Kier molecular flexibility index (Phi) is 7.62. The lowest BCUT2D eigenvalue weighted by Gasteiger charge is -2.39. The highest BCUT2D eigenvalue weighted by molar-refractivity contribution is 7.10. The molecule has 0 radical (unpaired) electrons. The van der Waals surface area contributed by atoms with E-state index in [2.05, 4.69) is 55.1 Å². The molecule has 2 aromatic rings. The predicted octanol–water partition coefficient (Wildman–Crippen LogP) is 6.86. The van der Waals surface area contributed by atoms with Gasteiger partial charge in [-0.15, -0.1) is 11.3 Å². The van der Waals surface area contributed by atoms with Gasteiger partial charge in [-0.05, 0) is 74.8 Å². The summed E-state index contributed by atoms with van der Waals surface area (Å²) in [6.07, 6.45) is 7.97. The smallest absolute Gasteiger partial charge is 0.230 e. The zero-order valence-electron chi connectivity index (χ0n) is 20.9. The first-order chi connectivity index (χ1) is 16.2. The zero-order chi connectivity index (χ0) is 24.3. The first-order valence-electron chi connectivity index (χ1n) is 12.7. The number of ether oxygens (including phenoxy) is 1. The second-order valence-corrected chi connectivity index (χ2v) is 12.0. The lowest BCUT2D eigenvalue weighted by Crippen LogP contribution is -2.47. The first kappa shape index (κ1) is 24.7. The molecule has 0 unspecified atom stereocenters. The fourth-order valence-electron chi connectivity index (χ4n) is 5.20. The Morgan fingerprint density at radius 1 is 1.12 bits per heavy atom. The minimum atomic E-state index is 0.0674. The standard InChI is InChI=1S/C28H37N3O2S/c1-19-8-10-20(11-9-19)27(32)31(23-16-25(34-18-23)28(2,3)4)22-12-14-24(15-13-22)33-26-7-5-6-21(17-29)30-26/h5-7,16,18-20,22,24H,8-15H2,1-4H3/t19-,20-,22-,24-. The molecule has 2 aliphatic carbocycles. The number of thiophene rings is 1. The molecule has 34 heavy (non-hydrogen) atoms. The third-order valence-corrected chi connectivity index (χ3v) is 8.68. The van der Waals surface area contributed by atoms with Crippen molar-refractivity contribution in [3.8, 4) is 11.9 Å². The number of nitrogens with zero attached hydrogens (tertiary/aromatic N) is 3. The van der Waals surface area contributed by atoms with E-state index in [4.69, 9.17) is 10.00 Å². The van der Waals surface area contributed by atoms with Gasteiger partial charge in [-0.2, -0.15) is 5.26 Å². The normalized spacial score (nSPS) is 25.4. The summed E-state index contributed by atoms with van der Waals surface area (Å²) in [6, 6.07) is 9.82. The highest BCUT2D eigenvalue weighted by Gasteiger charge is 2.36. The van der Waals surface area contributed by atoms with E-state index >= 15 is 0 Å². The van der Waals surface area contributed by atoms with E-state index < -0.39 is 0 Å². The van der Waals surface area contributed by atoms with Gasteiger partial charge in [0.2, 0.25) is 11.8 Å². The quantitative estimate of drug-likeness (QED) is 0.470. The summed E-state index contributed by atoms with van der Waals surface area (Å²) in [7, 11) is 0. The van der Waals surface area contributed by atoms with Crippen LogP contribution in [0.2, 0.25) is 0 Å². The van der Waals surface area contributed by atoms with Crippen molar-refractivity contribution in [2.45, 2.75) is 96.6 Å². The van der Waals surface area contributed by atoms with Gasteiger partial charge in [-0.3, -0.25) is 4.79 Å². The van der Waals surface area contributed by atoms with Crippen LogP contribution in [-0.4, -0.2) is 23.0 Å². The summed E-state index contributed by atoms with van der Waals surface area (Å²) in [5.41, 5.74) is 1.53. The second-order valence-electron chi connectivity index (χ2n) is 11.1. The summed E-state index contributed by atoms with van der Waals surface area (Å²) < 4.78 is 6.11. The average molecular weight is 480 g/mol. The molecule has 0 spiro atoms. The Labute approximate surface area is 208 Å². The van der Waals surface area contributed by atoms with Crippen LogP contribution in [0.4, 0.5) is 5.69 Å². The van der Waals surface area contributed by atoms with Crippen molar-refractivity contribution in [2.24, 2.45) is 11.8 Å². The lowest BCUT2D eigenvalue weighted by molar-refractivity contribution is -0.124. The fraction of sp³-hybridized carbons (Fsp3) is 0.607. The maximum Gasteiger partial charge on any atom is 0.230 e. The van der Waals surface area contributed by atoms with Crippen molar-refractivity contribution < 1.29 is 9.53 Å². The molecule has 1 amide bonds. The van der Waals surface area contributed by atoms with Crippen LogP contribution in [0.3, 0.4) is 0 Å². The summed E-state index contributed by atoms with van der Waals surface area (Å²) in [4.78, 5) is 21.6. The Bertz CT molecular complexity index is 1020. The molecule has 2 fully saturated rings. The average Bonchev–Trinajstić information content (AvgIpc) is 3.31. The number of pyridine rings is 1. The Morgan fingerprint density at radius 3 is 2.44 bits per heavy atom. The van der Waals surface area contributed by atoms with Crippen molar-refractivity contribution in [1.82, 2.24) is 4.98 Å². The largest absolute Gasteiger partial charge is 0.474 e. The maximum absolute atomic E-state index is 13.9. The third kappa shape index (κ3) is 5.81. The minimum absolute atomic E-state index is 0.0674. The lowest BCUT2D eigenvalue weighted by atomic mass is 9.81. The number of carbonyl (C=O) groups is 1. The van der Waals surface area contributed by atoms with Crippen LogP contribution >= 0.6 is 11.3 Å². The molecule has 0 atom stereocenters. The molecule has 0 aromatic carbocycles. The molecular formula is C28H37N3O2S. The molecule has 0 N–H and O–H groups in total. The Balaban J connectivity index is 1.48. The van der Waals surface area contributed by atoms with Crippen molar-refractivity contribution in [2.75, 3.05) is 4.90 Å². The molecule has 0 saturated heterocycles. The number of hydrogen-bond acceptors (Lipinski definition) is 5. The SMILES string of the molecule is CC(C)(C)c1cc(N(C(=O)[C@H]2CC[C@H](C)CC2)[C@H]2CC[C@H](Oc3cccc(C#N)n3)CC2)cs1. The number of amides is 1. The summed E-state index contributed by atoms with van der Waals surface area (Å²) >= 11 is 1.77. The summed E-state index contributed by atoms with van der Waals surface area (Å²) in [6.45, 7) is 8.99. The third-order valence-electron chi connectivity index (χ3n) is 7.34. The van der Waals surface area contributed by atoms with Gasteiger partial charge in [-0.1, -0.05) is 33.8 Å². The molecule has 4 rings (SSSR count). The molecular weight excluding hydrogens is 442 g/mol. The van der Waals surface area contributed by atoms with E-state index in [0.29, 0.717) is 17.5 Å². The van der Waals surface area contributed by atoms with Crippen LogP contribution in [0.5, 0.6) is 5.88 Å². The van der Waals surface area contributed by atoms with E-state index in [0.717, 1.165) is 63.0 Å². The van der Waals surface area contributed by atoms with Crippen molar-refractivity contribution in [3.05, 3.63) is 40.2 Å². The van der Waals surface area contributed by atoms with Crippen LogP contribution in [-0.2, 0) is 10.2 Å². The molecule has 0 bridgehead atoms. The van der Waals surface area contributed by atoms with Crippen LogP contribution < -0.4 is 9.64 Å². The number of anilines is 1. The molecule has 2 heterocycles. The van der Waals surface area contributed by atoms with Gasteiger partial charge >= 0.3 is 0 Å². The monoisotopic (exact) mass is 479 g/mol. The topological polar surface area (TPSA) is 66.2 Å². The molecule has 5 nitrogen and oxygen atoms in total. The first-order valence-corrected chi connectivity index (χ1v) is 13.6. The molecule has 2 aromatic heterocycles. The van der Waals surface area contributed by atoms with E-state index in [1.165, 1.54) is 4.88 Å². The number of nitriles is 1. The number of carbonyl (C=O) groups excluding carboxylic acids is 1. The number of rotatable bonds is 5. The van der Waals surface area contributed by atoms with Gasteiger partial charge < -0.3 is 9.64 Å². The van der Waals surface area contributed by atoms with Gasteiger partial charge in [0.1, 0.15) is 17.9 Å². The summed E-state index contributed by atoms with van der Waals surface area (Å²) in [5.74, 6) is 1.70. The highest BCUT2D eigenvalue weighted by Crippen LogP contribution is 2.39. The van der Waals surface area contributed by atoms with Gasteiger partial charge in [0, 0.05) is 28.3 Å². The fourth-order valence-corrected chi connectivity index (χ4v) is 6.17. The second kappa shape index (κ2) is 10.5. The Morgan fingerprint density at radius 2 is 1.82 bits per heavy atom. The van der Waals surface area contributed by atoms with E-state index in [9.17, 15) is 4.79 Å². The van der Waals surface area contributed by atoms with Gasteiger partial charge in [-0.25, -0.2) is 4.98 Å². The van der Waals surface area contributed by atoms with Crippen LogP contribution in [0.1, 0.15) is 89.6 Å². The van der Waals surface area contributed by atoms with E-state index in [1.54, 1.807) is 23.5 Å². The van der Waals surface area contributed by atoms with Crippen LogP contribution in [0, 0.1) is 23.2 Å². The maximum atomic E-state index is 13.9. The number of aromatic nitrogens is 1. The van der Waals surface area contributed by atoms with Gasteiger partial charge in [0.15, 0.2) is 0 Å². The van der Waals surface area contributed by atoms with Crippen molar-refractivity contribution in [1.29, 1.82) is 5.26 Å². The van der Waals surface area contributed by atoms with Crippen LogP contribution in [0.15, 0.2) is 29.6 Å². The van der Waals surface area contributed by atoms with E-state index in [1.807, 2.05) is 6.07 Å². The molecule has 0 aliphatic heterocycles. The predicted molar refractivity (Wildman–Crippen MR) is 137 cm³/mol. The van der Waals surface area contributed by atoms with E-state index in [-0.39, 0.29) is 23.5 Å². The van der Waals surface area contributed by atoms with Crippen molar-refractivity contribution in [3.63, 3.8) is 0 Å². The molecule has 6 heteroatoms. The van der Waals surface area contributed by atoms with Crippen molar-refractivity contribution >= 4 is 22.9 Å². The Hall–Kier alpha value is -2.39. The highest BCUT2D eigenvalue weighted by atomic mass is 32.1. The van der Waals surface area contributed by atoms with Gasteiger partial charge in [0.05, 0.1) is 5.69 Å². The minimum Gasteiger partial charge on any atom is -0.474 e. The molecule has 182 valence electrons. The zero-order valence-corrected chi connectivity index (χ0v) is 21.7. The summed E-state index contributed by atoms with van der Waals surface area (Å²) in [5, 5.41) is 11.3.